The Morgan fingerprint density at radius 1 is 1.21 bits per heavy atom. The zero-order valence-electron chi connectivity index (χ0n) is 17.8. The summed E-state index contributed by atoms with van der Waals surface area (Å²) in [6, 6.07) is 10.2. The average molecular weight is 398 g/mol. The van der Waals surface area contributed by atoms with Gasteiger partial charge in [-0.3, -0.25) is 4.79 Å². The molecule has 0 radical (unpaired) electrons. The van der Waals surface area contributed by atoms with Crippen molar-refractivity contribution in [3.63, 3.8) is 0 Å². The molecule has 1 aliphatic rings. The molecule has 6 nitrogen and oxygen atoms in total. The van der Waals surface area contributed by atoms with Crippen LogP contribution >= 0.6 is 0 Å². The van der Waals surface area contributed by atoms with E-state index in [-0.39, 0.29) is 5.91 Å². The molecular weight excluding hydrogens is 366 g/mol. The molecular formula is C23H31N3O3. The van der Waals surface area contributed by atoms with E-state index in [1.807, 2.05) is 37.4 Å². The van der Waals surface area contributed by atoms with Gasteiger partial charge in [-0.15, -0.1) is 0 Å². The van der Waals surface area contributed by atoms with E-state index in [1.165, 1.54) is 5.56 Å². The molecule has 0 spiro atoms. The van der Waals surface area contributed by atoms with Crippen molar-refractivity contribution in [1.29, 1.82) is 0 Å². The first-order valence-corrected chi connectivity index (χ1v) is 10.3. The predicted octanol–water partition coefficient (Wildman–Crippen LogP) is 3.43. The van der Waals surface area contributed by atoms with Crippen LogP contribution in [0.15, 0.2) is 36.5 Å². The van der Waals surface area contributed by atoms with Crippen LogP contribution in [0, 0.1) is 6.92 Å². The number of hydrogen-bond donors (Lipinski definition) is 1. The molecule has 1 fully saturated rings. The van der Waals surface area contributed by atoms with Crippen molar-refractivity contribution in [2.24, 2.45) is 0 Å². The van der Waals surface area contributed by atoms with Crippen molar-refractivity contribution in [3.8, 4) is 5.75 Å². The van der Waals surface area contributed by atoms with Gasteiger partial charge in [0.15, 0.2) is 6.10 Å². The molecule has 0 aliphatic carbocycles. The minimum Gasteiger partial charge on any atom is -0.481 e. The Kier molecular flexibility index (Phi) is 7.09. The number of carbonyl (C=O) groups is 1. The van der Waals surface area contributed by atoms with E-state index >= 15 is 0 Å². The molecule has 2 heterocycles. The number of nitrogens with one attached hydrogen (secondary N) is 1. The van der Waals surface area contributed by atoms with Gasteiger partial charge in [-0.2, -0.15) is 0 Å². The molecule has 1 unspecified atom stereocenters. The Hall–Kier alpha value is -2.60. The highest BCUT2D eigenvalue weighted by atomic mass is 16.5. The quantitative estimate of drug-likeness (QED) is 0.775. The summed E-state index contributed by atoms with van der Waals surface area (Å²) >= 11 is 0. The number of morpholine rings is 1. The molecule has 1 amide bonds. The number of rotatable bonds is 7. The molecule has 1 aliphatic heterocycles. The molecule has 1 aromatic carbocycles. The lowest BCUT2D eigenvalue weighted by Crippen LogP contribution is -2.37. The van der Waals surface area contributed by atoms with Gasteiger partial charge in [0.25, 0.3) is 5.91 Å². The first-order chi connectivity index (χ1) is 13.9. The minimum absolute atomic E-state index is 0.142. The fourth-order valence-electron chi connectivity index (χ4n) is 3.18. The van der Waals surface area contributed by atoms with E-state index in [4.69, 9.17) is 9.47 Å². The number of anilines is 1. The number of aromatic nitrogens is 1. The summed E-state index contributed by atoms with van der Waals surface area (Å²) in [4.78, 5) is 19.2. The van der Waals surface area contributed by atoms with Gasteiger partial charge in [-0.25, -0.2) is 4.98 Å². The number of ether oxygens (including phenoxy) is 2. The summed E-state index contributed by atoms with van der Waals surface area (Å²) < 4.78 is 11.3. The smallest absolute Gasteiger partial charge is 0.261 e. The maximum atomic E-state index is 12.5. The number of hydrogen-bond acceptors (Lipinski definition) is 5. The molecule has 3 rings (SSSR count). The molecule has 156 valence electrons. The van der Waals surface area contributed by atoms with Crippen LogP contribution in [0.3, 0.4) is 0 Å². The monoisotopic (exact) mass is 397 g/mol. The molecule has 0 saturated carbocycles. The molecule has 1 atom stereocenters. The van der Waals surface area contributed by atoms with E-state index in [1.54, 1.807) is 6.92 Å². The Bertz CT molecular complexity index is 815. The Balaban J connectivity index is 1.53. The molecule has 1 aromatic heterocycles. The summed E-state index contributed by atoms with van der Waals surface area (Å²) in [6.45, 7) is 11.7. The third kappa shape index (κ3) is 5.70. The van der Waals surface area contributed by atoms with Crippen LogP contribution in [-0.4, -0.2) is 43.3 Å². The fourth-order valence-corrected chi connectivity index (χ4v) is 3.18. The van der Waals surface area contributed by atoms with Gasteiger partial charge in [0.05, 0.1) is 13.2 Å². The molecule has 1 N–H and O–H groups in total. The third-order valence-electron chi connectivity index (χ3n) is 5.16. The lowest BCUT2D eigenvalue weighted by molar-refractivity contribution is -0.127. The minimum atomic E-state index is -0.573. The van der Waals surface area contributed by atoms with Gasteiger partial charge in [0.2, 0.25) is 0 Å². The number of carbonyl (C=O) groups excluding carboxylic acids is 1. The first-order valence-electron chi connectivity index (χ1n) is 10.3. The van der Waals surface area contributed by atoms with Crippen LogP contribution in [0.2, 0.25) is 0 Å². The number of aryl methyl sites for hydroxylation is 1. The highest BCUT2D eigenvalue weighted by molar-refractivity contribution is 5.80. The average Bonchev–Trinajstić information content (AvgIpc) is 2.74. The number of nitrogens with zero attached hydrogens (tertiary/aromatic N) is 2. The van der Waals surface area contributed by atoms with Crippen molar-refractivity contribution in [1.82, 2.24) is 10.3 Å². The zero-order chi connectivity index (χ0) is 20.8. The largest absolute Gasteiger partial charge is 0.481 e. The van der Waals surface area contributed by atoms with Gasteiger partial charge in [0.1, 0.15) is 11.6 Å². The van der Waals surface area contributed by atoms with E-state index in [0.29, 0.717) is 12.5 Å². The first kappa shape index (κ1) is 21.1. The Labute approximate surface area is 173 Å². The second-order valence-corrected chi connectivity index (χ2v) is 7.78. The van der Waals surface area contributed by atoms with Gasteiger partial charge < -0.3 is 19.7 Å². The van der Waals surface area contributed by atoms with E-state index in [2.05, 4.69) is 35.1 Å². The lowest BCUT2D eigenvalue weighted by Gasteiger charge is -2.27. The van der Waals surface area contributed by atoms with Crippen LogP contribution in [0.25, 0.3) is 0 Å². The van der Waals surface area contributed by atoms with Crippen LogP contribution in [0.1, 0.15) is 43.4 Å². The van der Waals surface area contributed by atoms with Gasteiger partial charge in [-0.05, 0) is 48.6 Å². The van der Waals surface area contributed by atoms with Gasteiger partial charge in [0, 0.05) is 25.8 Å². The van der Waals surface area contributed by atoms with Crippen LogP contribution < -0.4 is 15.0 Å². The Morgan fingerprint density at radius 2 is 1.97 bits per heavy atom. The van der Waals surface area contributed by atoms with Gasteiger partial charge >= 0.3 is 0 Å². The lowest BCUT2D eigenvalue weighted by atomic mass is 10.0. The van der Waals surface area contributed by atoms with E-state index < -0.39 is 6.10 Å². The number of amides is 1. The van der Waals surface area contributed by atoms with Crippen molar-refractivity contribution in [3.05, 3.63) is 53.2 Å². The second-order valence-electron chi connectivity index (χ2n) is 7.78. The number of benzene rings is 1. The standard InChI is InChI=1S/C23H31N3O3/c1-16(2)20-7-5-17(3)21(13-20)29-18(4)23(27)25-15-19-6-8-22(24-14-19)26-9-11-28-12-10-26/h5-8,13-14,16,18H,9-12,15H2,1-4H3,(H,25,27). The third-order valence-corrected chi connectivity index (χ3v) is 5.16. The highest BCUT2D eigenvalue weighted by Crippen LogP contribution is 2.25. The summed E-state index contributed by atoms with van der Waals surface area (Å²) in [5.74, 6) is 1.97. The fraction of sp³-hybridized carbons (Fsp3) is 0.478. The van der Waals surface area contributed by atoms with Crippen LogP contribution in [0.4, 0.5) is 5.82 Å². The SMILES string of the molecule is Cc1ccc(C(C)C)cc1OC(C)C(=O)NCc1ccc(N2CCOCC2)nc1. The van der Waals surface area contributed by atoms with Crippen LogP contribution in [-0.2, 0) is 16.1 Å². The summed E-state index contributed by atoms with van der Waals surface area (Å²) in [7, 11) is 0. The Morgan fingerprint density at radius 3 is 2.62 bits per heavy atom. The van der Waals surface area contributed by atoms with Crippen LogP contribution in [0.5, 0.6) is 5.75 Å². The van der Waals surface area contributed by atoms with Crippen molar-refractivity contribution >= 4 is 11.7 Å². The maximum absolute atomic E-state index is 12.5. The molecule has 0 bridgehead atoms. The molecule has 2 aromatic rings. The predicted molar refractivity (Wildman–Crippen MR) is 114 cm³/mol. The van der Waals surface area contributed by atoms with E-state index in [0.717, 1.165) is 49.0 Å². The summed E-state index contributed by atoms with van der Waals surface area (Å²) in [5.41, 5.74) is 3.18. The maximum Gasteiger partial charge on any atom is 0.261 e. The van der Waals surface area contributed by atoms with Gasteiger partial charge in [-0.1, -0.05) is 32.0 Å². The normalized spacial score (nSPS) is 15.3. The summed E-state index contributed by atoms with van der Waals surface area (Å²) in [6.07, 6.45) is 1.24. The molecule has 1 saturated heterocycles. The van der Waals surface area contributed by atoms with Crippen molar-refractivity contribution in [2.45, 2.75) is 46.3 Å². The molecule has 6 heteroatoms. The molecule has 29 heavy (non-hydrogen) atoms. The zero-order valence-corrected chi connectivity index (χ0v) is 17.8. The van der Waals surface area contributed by atoms with Crippen molar-refractivity contribution in [2.75, 3.05) is 31.2 Å². The highest BCUT2D eigenvalue weighted by Gasteiger charge is 2.17. The second kappa shape index (κ2) is 9.74. The topological polar surface area (TPSA) is 63.7 Å². The summed E-state index contributed by atoms with van der Waals surface area (Å²) in [5, 5.41) is 2.94. The van der Waals surface area contributed by atoms with E-state index in [9.17, 15) is 4.79 Å². The van der Waals surface area contributed by atoms with Crippen molar-refractivity contribution < 1.29 is 14.3 Å². The number of pyridine rings is 1.